The van der Waals surface area contributed by atoms with Gasteiger partial charge in [-0.1, -0.05) is 86.6 Å². The normalized spacial score (nSPS) is 11.9. The average molecular weight is 374 g/mol. The first-order chi connectivity index (χ1) is 14.2. The van der Waals surface area contributed by atoms with E-state index in [4.69, 9.17) is 0 Å². The fraction of sp³-hybridized carbons (Fsp3) is 0.138. The van der Waals surface area contributed by atoms with Crippen LogP contribution in [0.5, 0.6) is 0 Å². The molecule has 0 amide bonds. The van der Waals surface area contributed by atoms with Gasteiger partial charge in [0.05, 0.1) is 0 Å². The molecule has 5 rings (SSSR count). The molecule has 0 spiro atoms. The van der Waals surface area contributed by atoms with E-state index in [1.165, 1.54) is 55.6 Å². The maximum atomic E-state index is 2.33. The van der Waals surface area contributed by atoms with Gasteiger partial charge in [-0.25, -0.2) is 0 Å². The minimum atomic E-state index is 1.08. The van der Waals surface area contributed by atoms with Crippen molar-refractivity contribution in [1.29, 1.82) is 0 Å². The summed E-state index contributed by atoms with van der Waals surface area (Å²) in [6.45, 7) is 4.39. The Labute approximate surface area is 173 Å². The van der Waals surface area contributed by atoms with Gasteiger partial charge in [0.1, 0.15) is 0 Å². The van der Waals surface area contributed by atoms with Crippen LogP contribution in [0.2, 0.25) is 0 Å². The first-order valence-corrected chi connectivity index (χ1v) is 10.6. The molecule has 0 heterocycles. The Hall–Kier alpha value is -3.12. The van der Waals surface area contributed by atoms with Crippen molar-refractivity contribution >= 4 is 0 Å². The van der Waals surface area contributed by atoms with Gasteiger partial charge in [-0.2, -0.15) is 0 Å². The lowest BCUT2D eigenvalue weighted by atomic mass is 9.97. The largest absolute Gasteiger partial charge is 0.0613 e. The van der Waals surface area contributed by atoms with E-state index >= 15 is 0 Å². The van der Waals surface area contributed by atoms with Crippen LogP contribution < -0.4 is 0 Å². The van der Waals surface area contributed by atoms with Crippen molar-refractivity contribution in [3.63, 3.8) is 0 Å². The molecule has 29 heavy (non-hydrogen) atoms. The molecule has 0 N–H and O–H groups in total. The molecule has 4 aromatic rings. The molecular weight excluding hydrogens is 348 g/mol. The third-order valence-electron chi connectivity index (χ3n) is 6.10. The summed E-state index contributed by atoms with van der Waals surface area (Å²) < 4.78 is 0. The Morgan fingerprint density at radius 1 is 0.448 bits per heavy atom. The Bertz CT molecular complexity index is 1070. The zero-order valence-corrected chi connectivity index (χ0v) is 17.1. The van der Waals surface area contributed by atoms with Gasteiger partial charge in [0.15, 0.2) is 0 Å². The number of fused-ring (bicyclic) bond motifs is 3. The number of hydrogen-bond donors (Lipinski definition) is 0. The summed E-state index contributed by atoms with van der Waals surface area (Å²) in [6.07, 6.45) is 4.49. The van der Waals surface area contributed by atoms with Crippen molar-refractivity contribution in [3.05, 3.63) is 114 Å². The van der Waals surface area contributed by atoms with Crippen LogP contribution in [-0.2, 0) is 12.8 Å². The average Bonchev–Trinajstić information content (AvgIpc) is 3.16. The number of aryl methyl sites for hydroxylation is 2. The van der Waals surface area contributed by atoms with Crippen LogP contribution in [0.25, 0.3) is 33.4 Å². The molecule has 0 saturated carbocycles. The van der Waals surface area contributed by atoms with Gasteiger partial charge in [0, 0.05) is 6.42 Å². The van der Waals surface area contributed by atoms with Gasteiger partial charge in [-0.15, -0.1) is 0 Å². The highest BCUT2D eigenvalue weighted by molar-refractivity contribution is 5.86. The smallest absolute Gasteiger partial charge is 0.0212 e. The van der Waals surface area contributed by atoms with E-state index in [0.29, 0.717) is 0 Å². The van der Waals surface area contributed by atoms with Gasteiger partial charge < -0.3 is 0 Å². The molecule has 0 atom stereocenters. The minimum absolute atomic E-state index is 1.08. The second-order valence-electron chi connectivity index (χ2n) is 7.85. The van der Waals surface area contributed by atoms with Crippen LogP contribution in [-0.4, -0.2) is 0 Å². The molecule has 0 aromatic heterocycles. The standard InChI is InChI=1S/C29H25/c1-3-20-5-9-22(10-6-20)24-13-15-28-26(17-24)19-27-18-25(14-16-29(27)28)23-11-7-21(4-2)8-12-23/h5-19H,3-4H2,1-2H3. The summed E-state index contributed by atoms with van der Waals surface area (Å²) in [5, 5.41) is 0. The van der Waals surface area contributed by atoms with E-state index < -0.39 is 0 Å². The Morgan fingerprint density at radius 2 is 0.828 bits per heavy atom. The van der Waals surface area contributed by atoms with Crippen LogP contribution in [0.15, 0.2) is 84.9 Å². The topological polar surface area (TPSA) is 0 Å². The van der Waals surface area contributed by atoms with Crippen molar-refractivity contribution in [2.45, 2.75) is 26.7 Å². The van der Waals surface area contributed by atoms with Crippen molar-refractivity contribution in [1.82, 2.24) is 0 Å². The van der Waals surface area contributed by atoms with E-state index in [2.05, 4.69) is 105 Å². The summed E-state index contributed by atoms with van der Waals surface area (Å²) in [5.74, 6) is 0. The molecule has 0 nitrogen and oxygen atoms in total. The van der Waals surface area contributed by atoms with Crippen LogP contribution in [0, 0.1) is 6.42 Å². The monoisotopic (exact) mass is 373 g/mol. The van der Waals surface area contributed by atoms with Crippen molar-refractivity contribution in [2.24, 2.45) is 0 Å². The maximum absolute atomic E-state index is 2.33. The number of benzene rings is 4. The second-order valence-corrected chi connectivity index (χ2v) is 7.85. The van der Waals surface area contributed by atoms with E-state index in [1.54, 1.807) is 0 Å². The van der Waals surface area contributed by atoms with E-state index in [1.807, 2.05) is 0 Å². The van der Waals surface area contributed by atoms with Gasteiger partial charge in [-0.3, -0.25) is 0 Å². The van der Waals surface area contributed by atoms with Crippen LogP contribution in [0.4, 0.5) is 0 Å². The molecule has 0 aliphatic heterocycles. The molecule has 0 heteroatoms. The highest BCUT2D eigenvalue weighted by atomic mass is 14.2. The highest BCUT2D eigenvalue weighted by Gasteiger charge is 2.20. The molecule has 4 aromatic carbocycles. The summed E-state index contributed by atoms with van der Waals surface area (Å²) in [5.41, 5.74) is 13.2. The van der Waals surface area contributed by atoms with Crippen LogP contribution >= 0.6 is 0 Å². The Balaban J connectivity index is 1.46. The van der Waals surface area contributed by atoms with Crippen molar-refractivity contribution < 1.29 is 0 Å². The summed E-state index contributed by atoms with van der Waals surface area (Å²) in [4.78, 5) is 0. The predicted molar refractivity (Wildman–Crippen MR) is 124 cm³/mol. The van der Waals surface area contributed by atoms with E-state index in [0.717, 1.165) is 12.8 Å². The Kier molecular flexibility index (Phi) is 4.56. The first-order valence-electron chi connectivity index (χ1n) is 10.6. The highest BCUT2D eigenvalue weighted by Crippen LogP contribution is 2.41. The molecule has 141 valence electrons. The molecule has 0 fully saturated rings. The minimum Gasteiger partial charge on any atom is -0.0613 e. The quantitative estimate of drug-likeness (QED) is 0.302. The number of rotatable bonds is 4. The fourth-order valence-corrected chi connectivity index (χ4v) is 4.25. The van der Waals surface area contributed by atoms with E-state index in [9.17, 15) is 0 Å². The lowest BCUT2D eigenvalue weighted by molar-refractivity contribution is 1.14. The molecule has 0 unspecified atom stereocenters. The van der Waals surface area contributed by atoms with Crippen molar-refractivity contribution in [2.75, 3.05) is 0 Å². The molecular formula is C29H25. The maximum Gasteiger partial charge on any atom is 0.0212 e. The van der Waals surface area contributed by atoms with Gasteiger partial charge >= 0.3 is 0 Å². The summed E-state index contributed by atoms with van der Waals surface area (Å²) >= 11 is 0. The third kappa shape index (κ3) is 3.29. The first kappa shape index (κ1) is 17.9. The molecule has 1 radical (unpaired) electrons. The lowest BCUT2D eigenvalue weighted by Gasteiger charge is -2.07. The predicted octanol–water partition coefficient (Wildman–Crippen LogP) is 7.73. The zero-order valence-electron chi connectivity index (χ0n) is 17.1. The fourth-order valence-electron chi connectivity index (χ4n) is 4.25. The SMILES string of the molecule is CCc1ccc(-c2ccc3c(c2)[CH]c2cc(-c4ccc(CC)cc4)ccc2-3)cc1. The summed E-state index contributed by atoms with van der Waals surface area (Å²) in [7, 11) is 0. The molecule has 1 aliphatic rings. The third-order valence-corrected chi connectivity index (χ3v) is 6.10. The molecule has 1 aliphatic carbocycles. The zero-order chi connectivity index (χ0) is 19.8. The van der Waals surface area contributed by atoms with Crippen LogP contribution in [0.1, 0.15) is 36.1 Å². The van der Waals surface area contributed by atoms with Gasteiger partial charge in [0.2, 0.25) is 0 Å². The number of hydrogen-bond acceptors (Lipinski definition) is 0. The van der Waals surface area contributed by atoms with Gasteiger partial charge in [0.25, 0.3) is 0 Å². The summed E-state index contributed by atoms with van der Waals surface area (Å²) in [6, 6.07) is 31.6. The van der Waals surface area contributed by atoms with E-state index in [-0.39, 0.29) is 0 Å². The molecule has 0 saturated heterocycles. The molecule has 0 bridgehead atoms. The van der Waals surface area contributed by atoms with Gasteiger partial charge in [-0.05, 0) is 80.6 Å². The van der Waals surface area contributed by atoms with Crippen LogP contribution in [0.3, 0.4) is 0 Å². The lowest BCUT2D eigenvalue weighted by Crippen LogP contribution is -1.84. The second kappa shape index (κ2) is 7.37. The van der Waals surface area contributed by atoms with Crippen molar-refractivity contribution in [3.8, 4) is 33.4 Å². The Morgan fingerprint density at radius 3 is 1.21 bits per heavy atom.